The van der Waals surface area contributed by atoms with Crippen LogP contribution in [0, 0.1) is 0 Å². The standard InChI is InChI=1S/C9H17N3OS/c1-4-13-9(2,3)6-11-8-5-7(10)12-14-8/h5,11H,4,6H2,1-3H3,(H2,10,12). The molecule has 0 fully saturated rings. The molecule has 0 atom stereocenters. The van der Waals surface area contributed by atoms with Gasteiger partial charge in [-0.15, -0.1) is 0 Å². The van der Waals surface area contributed by atoms with E-state index in [-0.39, 0.29) is 5.60 Å². The Labute approximate surface area is 88.6 Å². The van der Waals surface area contributed by atoms with Crippen molar-refractivity contribution >= 4 is 22.4 Å². The maximum absolute atomic E-state index is 5.55. The van der Waals surface area contributed by atoms with E-state index in [1.54, 1.807) is 0 Å². The molecule has 0 bridgehead atoms. The summed E-state index contributed by atoms with van der Waals surface area (Å²) in [7, 11) is 0. The van der Waals surface area contributed by atoms with Gasteiger partial charge in [0.25, 0.3) is 0 Å². The van der Waals surface area contributed by atoms with E-state index in [0.29, 0.717) is 5.82 Å². The van der Waals surface area contributed by atoms with Gasteiger partial charge in [0.1, 0.15) is 10.8 Å². The Hall–Kier alpha value is -0.810. The van der Waals surface area contributed by atoms with Crippen molar-refractivity contribution in [2.45, 2.75) is 26.4 Å². The predicted octanol–water partition coefficient (Wildman–Crippen LogP) is 1.95. The number of ether oxygens (including phenoxy) is 1. The van der Waals surface area contributed by atoms with Crippen LogP contribution in [0.3, 0.4) is 0 Å². The molecule has 0 aliphatic heterocycles. The molecule has 0 saturated heterocycles. The maximum Gasteiger partial charge on any atom is 0.139 e. The third-order valence-corrected chi connectivity index (χ3v) is 2.51. The first-order valence-electron chi connectivity index (χ1n) is 4.63. The topological polar surface area (TPSA) is 60.2 Å². The monoisotopic (exact) mass is 215 g/mol. The van der Waals surface area contributed by atoms with Crippen LogP contribution >= 0.6 is 11.5 Å². The molecule has 1 aromatic heterocycles. The number of nitrogens with two attached hydrogens (primary N) is 1. The van der Waals surface area contributed by atoms with E-state index in [0.717, 1.165) is 18.2 Å². The number of hydrogen-bond donors (Lipinski definition) is 2. The molecule has 5 heteroatoms. The quantitative estimate of drug-likeness (QED) is 0.788. The van der Waals surface area contributed by atoms with Gasteiger partial charge >= 0.3 is 0 Å². The molecule has 0 amide bonds. The normalized spacial score (nSPS) is 11.6. The first-order valence-corrected chi connectivity index (χ1v) is 5.41. The lowest BCUT2D eigenvalue weighted by Crippen LogP contribution is -2.33. The van der Waals surface area contributed by atoms with Crippen molar-refractivity contribution in [1.29, 1.82) is 0 Å². The van der Waals surface area contributed by atoms with E-state index in [4.69, 9.17) is 10.5 Å². The van der Waals surface area contributed by atoms with Crippen molar-refractivity contribution in [1.82, 2.24) is 4.37 Å². The number of anilines is 2. The molecule has 1 heterocycles. The molecule has 0 aliphatic rings. The lowest BCUT2D eigenvalue weighted by Gasteiger charge is -2.24. The minimum absolute atomic E-state index is 0.159. The van der Waals surface area contributed by atoms with Gasteiger partial charge in [0.2, 0.25) is 0 Å². The lowest BCUT2D eigenvalue weighted by atomic mass is 10.1. The zero-order valence-corrected chi connectivity index (χ0v) is 9.65. The third-order valence-electron chi connectivity index (χ3n) is 1.75. The fourth-order valence-electron chi connectivity index (χ4n) is 1.11. The number of hydrogen-bond acceptors (Lipinski definition) is 5. The molecule has 0 aliphatic carbocycles. The number of rotatable bonds is 5. The summed E-state index contributed by atoms with van der Waals surface area (Å²) in [6.07, 6.45) is 0. The van der Waals surface area contributed by atoms with Crippen LogP contribution in [0.25, 0.3) is 0 Å². The lowest BCUT2D eigenvalue weighted by molar-refractivity contribution is 0.000747. The highest BCUT2D eigenvalue weighted by Gasteiger charge is 2.17. The van der Waals surface area contributed by atoms with Crippen LogP contribution in [-0.2, 0) is 4.74 Å². The summed E-state index contributed by atoms with van der Waals surface area (Å²) in [4.78, 5) is 0. The van der Waals surface area contributed by atoms with E-state index >= 15 is 0 Å². The first kappa shape index (κ1) is 11.3. The average Bonchev–Trinajstić information content (AvgIpc) is 2.48. The van der Waals surface area contributed by atoms with Crippen molar-refractivity contribution < 1.29 is 4.74 Å². The SMILES string of the molecule is CCOC(C)(C)CNc1cc(N)ns1. The minimum atomic E-state index is -0.159. The van der Waals surface area contributed by atoms with Crippen molar-refractivity contribution in [2.75, 3.05) is 24.2 Å². The molecule has 14 heavy (non-hydrogen) atoms. The van der Waals surface area contributed by atoms with Gasteiger partial charge in [0.15, 0.2) is 0 Å². The summed E-state index contributed by atoms with van der Waals surface area (Å²) in [5.41, 5.74) is 5.35. The molecule has 0 spiro atoms. The second-order valence-electron chi connectivity index (χ2n) is 3.66. The summed E-state index contributed by atoms with van der Waals surface area (Å²) in [5, 5.41) is 4.22. The zero-order valence-electron chi connectivity index (χ0n) is 8.83. The molecule has 80 valence electrons. The molecule has 0 aromatic carbocycles. The fourth-order valence-corrected chi connectivity index (χ4v) is 1.68. The van der Waals surface area contributed by atoms with E-state index in [1.165, 1.54) is 11.5 Å². The van der Waals surface area contributed by atoms with Crippen molar-refractivity contribution in [3.05, 3.63) is 6.07 Å². The van der Waals surface area contributed by atoms with Gasteiger partial charge in [-0.25, -0.2) is 0 Å². The Morgan fingerprint density at radius 3 is 2.86 bits per heavy atom. The molecule has 4 nitrogen and oxygen atoms in total. The average molecular weight is 215 g/mol. The van der Waals surface area contributed by atoms with Crippen LogP contribution in [-0.4, -0.2) is 23.1 Å². The fraction of sp³-hybridized carbons (Fsp3) is 0.667. The Morgan fingerprint density at radius 2 is 2.36 bits per heavy atom. The second kappa shape index (κ2) is 4.61. The van der Waals surface area contributed by atoms with Crippen LogP contribution < -0.4 is 11.1 Å². The summed E-state index contributed by atoms with van der Waals surface area (Å²) < 4.78 is 9.53. The third kappa shape index (κ3) is 3.51. The molecule has 0 unspecified atom stereocenters. The smallest absolute Gasteiger partial charge is 0.139 e. The molecule has 0 saturated carbocycles. The van der Waals surface area contributed by atoms with E-state index in [2.05, 4.69) is 9.69 Å². The highest BCUT2D eigenvalue weighted by Crippen LogP contribution is 2.19. The largest absolute Gasteiger partial charge is 0.383 e. The summed E-state index contributed by atoms with van der Waals surface area (Å²) >= 11 is 1.37. The van der Waals surface area contributed by atoms with Gasteiger partial charge in [0.05, 0.1) is 5.60 Å². The number of nitrogens with zero attached hydrogens (tertiary/aromatic N) is 1. The number of nitrogens with one attached hydrogen (secondary N) is 1. The van der Waals surface area contributed by atoms with E-state index in [9.17, 15) is 0 Å². The summed E-state index contributed by atoms with van der Waals surface area (Å²) in [5.74, 6) is 0.562. The van der Waals surface area contributed by atoms with Gasteiger partial charge in [0, 0.05) is 19.2 Å². The number of nitrogen functional groups attached to an aromatic ring is 1. The summed E-state index contributed by atoms with van der Waals surface area (Å²) in [6, 6.07) is 1.83. The van der Waals surface area contributed by atoms with Gasteiger partial charge in [-0.3, -0.25) is 0 Å². The second-order valence-corrected chi connectivity index (χ2v) is 4.47. The molecule has 1 aromatic rings. The minimum Gasteiger partial charge on any atom is -0.383 e. The molecular weight excluding hydrogens is 198 g/mol. The van der Waals surface area contributed by atoms with Crippen molar-refractivity contribution in [2.24, 2.45) is 0 Å². The Morgan fingerprint density at radius 1 is 1.64 bits per heavy atom. The molecule has 1 rings (SSSR count). The summed E-state index contributed by atoms with van der Waals surface area (Å²) in [6.45, 7) is 7.57. The number of aromatic nitrogens is 1. The van der Waals surface area contributed by atoms with Gasteiger partial charge in [-0.05, 0) is 32.3 Å². The van der Waals surface area contributed by atoms with Gasteiger partial charge < -0.3 is 15.8 Å². The first-order chi connectivity index (χ1) is 6.53. The van der Waals surface area contributed by atoms with Gasteiger partial charge in [-0.2, -0.15) is 4.37 Å². The van der Waals surface area contributed by atoms with Crippen molar-refractivity contribution in [3.8, 4) is 0 Å². The Kier molecular flexibility index (Phi) is 3.71. The molecule has 3 N–H and O–H groups in total. The molecular formula is C9H17N3OS. The van der Waals surface area contributed by atoms with Crippen LogP contribution in [0.2, 0.25) is 0 Å². The maximum atomic E-state index is 5.55. The van der Waals surface area contributed by atoms with E-state index < -0.39 is 0 Å². The molecule has 0 radical (unpaired) electrons. The highest BCUT2D eigenvalue weighted by atomic mass is 32.1. The van der Waals surface area contributed by atoms with Crippen LogP contribution in [0.1, 0.15) is 20.8 Å². The van der Waals surface area contributed by atoms with Crippen LogP contribution in [0.5, 0.6) is 0 Å². The van der Waals surface area contributed by atoms with Crippen LogP contribution in [0.4, 0.5) is 10.8 Å². The van der Waals surface area contributed by atoms with Gasteiger partial charge in [-0.1, -0.05) is 0 Å². The van der Waals surface area contributed by atoms with Crippen molar-refractivity contribution in [3.63, 3.8) is 0 Å². The highest BCUT2D eigenvalue weighted by molar-refractivity contribution is 7.10. The van der Waals surface area contributed by atoms with E-state index in [1.807, 2.05) is 26.8 Å². The predicted molar refractivity (Wildman–Crippen MR) is 60.7 cm³/mol. The van der Waals surface area contributed by atoms with Crippen LogP contribution in [0.15, 0.2) is 6.07 Å². The zero-order chi connectivity index (χ0) is 10.6. The Bertz CT molecular complexity index is 285. The Balaban J connectivity index is 2.40.